The van der Waals surface area contributed by atoms with Crippen molar-refractivity contribution in [2.75, 3.05) is 18.3 Å². The highest BCUT2D eigenvalue weighted by molar-refractivity contribution is 7.98. The highest BCUT2D eigenvalue weighted by atomic mass is 35.5. The molecule has 0 spiro atoms. The summed E-state index contributed by atoms with van der Waals surface area (Å²) in [5.74, 6) is 5.84. The predicted octanol–water partition coefficient (Wildman–Crippen LogP) is 1.03. The minimum atomic E-state index is 0.124. The molecule has 0 saturated heterocycles. The van der Waals surface area contributed by atoms with Gasteiger partial charge in [0.2, 0.25) is 0 Å². The topological polar surface area (TPSA) is 78.8 Å². The van der Waals surface area contributed by atoms with Crippen LogP contribution in [0.4, 0.5) is 5.82 Å². The lowest BCUT2D eigenvalue weighted by atomic mass is 10.3. The first-order valence-electron chi connectivity index (χ1n) is 3.60. The Balaban J connectivity index is 3.37. The van der Waals surface area contributed by atoms with E-state index in [1.807, 2.05) is 12.3 Å². The zero-order chi connectivity index (χ0) is 10.7. The van der Waals surface area contributed by atoms with E-state index in [1.54, 1.807) is 7.05 Å². The number of thioether (sulfide) groups is 1. The molecule has 0 aliphatic rings. The van der Waals surface area contributed by atoms with Crippen molar-refractivity contribution < 1.29 is 0 Å². The van der Waals surface area contributed by atoms with E-state index in [2.05, 4.69) is 9.97 Å². The van der Waals surface area contributed by atoms with Crippen LogP contribution in [-0.2, 0) is 0 Å². The van der Waals surface area contributed by atoms with E-state index >= 15 is 0 Å². The number of aromatic nitrogens is 2. The van der Waals surface area contributed by atoms with Crippen LogP contribution >= 0.6 is 23.4 Å². The fraction of sp³-hybridized carbons (Fsp3) is 0.286. The van der Waals surface area contributed by atoms with E-state index in [0.29, 0.717) is 11.0 Å². The van der Waals surface area contributed by atoms with Gasteiger partial charge < -0.3 is 0 Å². The number of halogens is 1. The summed E-state index contributed by atoms with van der Waals surface area (Å²) in [4.78, 5) is 7.99. The van der Waals surface area contributed by atoms with Gasteiger partial charge in [0.15, 0.2) is 16.1 Å². The highest BCUT2D eigenvalue weighted by Gasteiger charge is 2.14. The summed E-state index contributed by atoms with van der Waals surface area (Å²) in [6, 6.07) is 1.91. The third-order valence-electron chi connectivity index (χ3n) is 1.45. The van der Waals surface area contributed by atoms with Gasteiger partial charge in [0, 0.05) is 7.05 Å². The molecule has 1 rings (SSSR count). The molecule has 7 heteroatoms. The molecule has 14 heavy (non-hydrogen) atoms. The SMILES string of the molecule is CSc1nc(Cl)c(C#N)c(N(C)N)n1. The van der Waals surface area contributed by atoms with E-state index in [4.69, 9.17) is 22.7 Å². The Morgan fingerprint density at radius 2 is 2.21 bits per heavy atom. The van der Waals surface area contributed by atoms with Gasteiger partial charge in [0.25, 0.3) is 0 Å². The van der Waals surface area contributed by atoms with Crippen LogP contribution in [0, 0.1) is 11.3 Å². The molecule has 0 saturated carbocycles. The first-order valence-corrected chi connectivity index (χ1v) is 5.20. The Kier molecular flexibility index (Phi) is 3.52. The van der Waals surface area contributed by atoms with Crippen molar-refractivity contribution in [1.82, 2.24) is 9.97 Å². The van der Waals surface area contributed by atoms with Gasteiger partial charge in [-0.15, -0.1) is 0 Å². The second kappa shape index (κ2) is 4.46. The average molecular weight is 230 g/mol. The van der Waals surface area contributed by atoms with Gasteiger partial charge >= 0.3 is 0 Å². The molecule has 0 amide bonds. The maximum Gasteiger partial charge on any atom is 0.190 e. The van der Waals surface area contributed by atoms with E-state index in [1.165, 1.54) is 16.8 Å². The standard InChI is InChI=1S/C7H8ClN5S/c1-13(10)6-4(3-9)5(8)11-7(12-6)14-2/h10H2,1-2H3. The van der Waals surface area contributed by atoms with Crippen molar-refractivity contribution in [1.29, 1.82) is 5.26 Å². The third-order valence-corrected chi connectivity index (χ3v) is 2.27. The fourth-order valence-electron chi connectivity index (χ4n) is 0.846. The number of hydrogen-bond acceptors (Lipinski definition) is 6. The number of nitrogens with two attached hydrogens (primary N) is 1. The molecular weight excluding hydrogens is 222 g/mol. The van der Waals surface area contributed by atoms with Crippen LogP contribution in [0.2, 0.25) is 5.15 Å². The van der Waals surface area contributed by atoms with E-state index < -0.39 is 0 Å². The molecule has 1 aromatic heterocycles. The summed E-state index contributed by atoms with van der Waals surface area (Å²) in [5, 5.41) is 10.7. The third kappa shape index (κ3) is 2.07. The molecule has 0 bridgehead atoms. The van der Waals surface area contributed by atoms with Crippen LogP contribution in [0.25, 0.3) is 0 Å². The van der Waals surface area contributed by atoms with Crippen molar-refractivity contribution in [3.63, 3.8) is 0 Å². The molecule has 0 aliphatic heterocycles. The lowest BCUT2D eigenvalue weighted by Crippen LogP contribution is -2.27. The summed E-state index contributed by atoms with van der Waals surface area (Å²) in [6.45, 7) is 0. The van der Waals surface area contributed by atoms with Gasteiger partial charge in [0.1, 0.15) is 11.6 Å². The zero-order valence-electron chi connectivity index (χ0n) is 7.65. The molecule has 0 atom stereocenters. The average Bonchev–Trinajstić information content (AvgIpc) is 2.16. The summed E-state index contributed by atoms with van der Waals surface area (Å²) in [6.07, 6.45) is 1.82. The Hall–Kier alpha value is -1.03. The molecule has 0 fully saturated rings. The molecule has 0 aromatic carbocycles. The Labute approximate surface area is 90.9 Å². The van der Waals surface area contributed by atoms with Crippen molar-refractivity contribution in [2.24, 2.45) is 5.84 Å². The van der Waals surface area contributed by atoms with Gasteiger partial charge in [0.05, 0.1) is 0 Å². The maximum absolute atomic E-state index is 8.81. The molecule has 5 nitrogen and oxygen atoms in total. The van der Waals surface area contributed by atoms with E-state index in [0.717, 1.165) is 0 Å². The first-order chi connectivity index (χ1) is 6.60. The zero-order valence-corrected chi connectivity index (χ0v) is 9.22. The number of hydrazine groups is 1. The number of rotatable bonds is 2. The lowest BCUT2D eigenvalue weighted by molar-refractivity contribution is 0.892. The van der Waals surface area contributed by atoms with Gasteiger partial charge in [-0.3, -0.25) is 5.01 Å². The van der Waals surface area contributed by atoms with Gasteiger partial charge in [-0.1, -0.05) is 23.4 Å². The molecule has 2 N–H and O–H groups in total. The smallest absolute Gasteiger partial charge is 0.190 e. The van der Waals surface area contributed by atoms with Crippen molar-refractivity contribution >= 4 is 29.2 Å². The highest BCUT2D eigenvalue weighted by Crippen LogP contribution is 2.24. The summed E-state index contributed by atoms with van der Waals surface area (Å²) in [5.41, 5.74) is 0.189. The number of nitriles is 1. The second-order valence-electron chi connectivity index (χ2n) is 2.42. The summed E-state index contributed by atoms with van der Waals surface area (Å²) < 4.78 is 0. The number of hydrogen-bond donors (Lipinski definition) is 1. The summed E-state index contributed by atoms with van der Waals surface area (Å²) >= 11 is 7.12. The molecule has 74 valence electrons. The number of nitrogens with zero attached hydrogens (tertiary/aromatic N) is 4. The Morgan fingerprint density at radius 1 is 1.57 bits per heavy atom. The first kappa shape index (κ1) is 11.0. The quantitative estimate of drug-likeness (QED) is 0.268. The summed E-state index contributed by atoms with van der Waals surface area (Å²) in [7, 11) is 1.59. The normalized spacial score (nSPS) is 9.64. The Morgan fingerprint density at radius 3 is 2.64 bits per heavy atom. The van der Waals surface area contributed by atoms with Crippen molar-refractivity contribution in [3.8, 4) is 6.07 Å². The molecule has 0 unspecified atom stereocenters. The molecule has 0 aliphatic carbocycles. The molecular formula is C7H8ClN5S. The van der Waals surface area contributed by atoms with E-state index in [-0.39, 0.29) is 10.7 Å². The van der Waals surface area contributed by atoms with Crippen molar-refractivity contribution in [3.05, 3.63) is 10.7 Å². The Bertz CT molecular complexity index is 386. The second-order valence-corrected chi connectivity index (χ2v) is 3.55. The van der Waals surface area contributed by atoms with Crippen LogP contribution in [0.5, 0.6) is 0 Å². The monoisotopic (exact) mass is 229 g/mol. The van der Waals surface area contributed by atoms with Crippen LogP contribution in [-0.4, -0.2) is 23.3 Å². The lowest BCUT2D eigenvalue weighted by Gasteiger charge is -2.13. The van der Waals surface area contributed by atoms with Crippen LogP contribution in [0.1, 0.15) is 5.56 Å². The van der Waals surface area contributed by atoms with Crippen LogP contribution in [0.15, 0.2) is 5.16 Å². The van der Waals surface area contributed by atoms with Gasteiger partial charge in [-0.05, 0) is 6.26 Å². The molecule has 0 radical (unpaired) electrons. The molecule has 1 aromatic rings. The van der Waals surface area contributed by atoms with Crippen molar-refractivity contribution in [2.45, 2.75) is 5.16 Å². The number of anilines is 1. The van der Waals surface area contributed by atoms with Gasteiger partial charge in [-0.25, -0.2) is 15.8 Å². The van der Waals surface area contributed by atoms with Crippen LogP contribution < -0.4 is 10.9 Å². The molecule has 1 heterocycles. The minimum absolute atomic E-state index is 0.124. The predicted molar refractivity (Wildman–Crippen MR) is 56.1 cm³/mol. The van der Waals surface area contributed by atoms with Gasteiger partial charge in [-0.2, -0.15) is 5.26 Å². The van der Waals surface area contributed by atoms with E-state index in [9.17, 15) is 0 Å². The largest absolute Gasteiger partial charge is 0.297 e. The fourth-order valence-corrected chi connectivity index (χ4v) is 1.46. The van der Waals surface area contributed by atoms with Crippen LogP contribution in [0.3, 0.4) is 0 Å². The minimum Gasteiger partial charge on any atom is -0.297 e. The maximum atomic E-state index is 8.81.